The molecule has 0 spiro atoms. The second-order valence-electron chi connectivity index (χ2n) is 6.76. The molecule has 1 fully saturated rings. The Bertz CT molecular complexity index is 679. The van der Waals surface area contributed by atoms with E-state index >= 15 is 0 Å². The van der Waals surface area contributed by atoms with Gasteiger partial charge in [-0.3, -0.25) is 14.7 Å². The third-order valence-electron chi connectivity index (χ3n) is 4.95. The number of benzene rings is 1. The van der Waals surface area contributed by atoms with E-state index in [9.17, 15) is 4.79 Å². The Morgan fingerprint density at radius 3 is 2.48 bits per heavy atom. The molecule has 4 nitrogen and oxygen atoms in total. The second kappa shape index (κ2) is 8.77. The summed E-state index contributed by atoms with van der Waals surface area (Å²) in [5, 5.41) is 3.11. The molecule has 1 aromatic heterocycles. The van der Waals surface area contributed by atoms with Crippen molar-refractivity contribution in [1.29, 1.82) is 0 Å². The number of amides is 1. The maximum Gasteiger partial charge on any atom is 0.270 e. The highest BCUT2D eigenvalue weighted by Gasteiger charge is 2.22. The zero-order valence-electron chi connectivity index (χ0n) is 14.9. The van der Waals surface area contributed by atoms with Gasteiger partial charge in [0.05, 0.1) is 6.04 Å². The first-order valence-electron chi connectivity index (χ1n) is 9.24. The summed E-state index contributed by atoms with van der Waals surface area (Å²) in [6, 6.07) is 14.5. The normalized spacial score (nSPS) is 16.8. The van der Waals surface area contributed by atoms with E-state index in [1.165, 1.54) is 31.2 Å². The number of carbonyl (C=O) groups excluding carboxylic acids is 1. The van der Waals surface area contributed by atoms with E-state index in [1.807, 2.05) is 25.1 Å². The summed E-state index contributed by atoms with van der Waals surface area (Å²) in [6.45, 7) is 4.72. The molecule has 2 aromatic rings. The van der Waals surface area contributed by atoms with Gasteiger partial charge in [0.25, 0.3) is 5.91 Å². The Balaban J connectivity index is 1.73. The monoisotopic (exact) mass is 337 g/mol. The maximum absolute atomic E-state index is 12.6. The van der Waals surface area contributed by atoms with Crippen LogP contribution in [0.5, 0.6) is 0 Å². The van der Waals surface area contributed by atoms with E-state index in [-0.39, 0.29) is 11.9 Å². The van der Waals surface area contributed by atoms with Crippen molar-refractivity contribution in [2.45, 2.75) is 38.6 Å². The highest BCUT2D eigenvalue weighted by Crippen LogP contribution is 2.23. The van der Waals surface area contributed by atoms with Gasteiger partial charge in [-0.25, -0.2) is 0 Å². The number of likely N-dealkylation sites (tertiary alicyclic amines) is 1. The molecule has 1 aliphatic heterocycles. The molecule has 25 heavy (non-hydrogen) atoms. The van der Waals surface area contributed by atoms with Crippen molar-refractivity contribution in [3.63, 3.8) is 0 Å². The third-order valence-corrected chi connectivity index (χ3v) is 4.95. The molecular weight excluding hydrogens is 310 g/mol. The summed E-state index contributed by atoms with van der Waals surface area (Å²) in [7, 11) is 0. The summed E-state index contributed by atoms with van der Waals surface area (Å²) < 4.78 is 0. The van der Waals surface area contributed by atoms with Crippen LogP contribution in [0.2, 0.25) is 0 Å². The summed E-state index contributed by atoms with van der Waals surface area (Å²) in [5.74, 6) is -0.0890. The number of pyridine rings is 1. The van der Waals surface area contributed by atoms with Crippen LogP contribution in [-0.2, 0) is 0 Å². The fourth-order valence-electron chi connectivity index (χ4n) is 3.54. The summed E-state index contributed by atoms with van der Waals surface area (Å²) in [6.07, 6.45) is 6.74. The van der Waals surface area contributed by atoms with Gasteiger partial charge in [-0.15, -0.1) is 0 Å². The number of hydrogen-bond donors (Lipinski definition) is 1. The minimum atomic E-state index is -0.0890. The second-order valence-corrected chi connectivity index (χ2v) is 6.76. The van der Waals surface area contributed by atoms with Crippen LogP contribution >= 0.6 is 0 Å². The van der Waals surface area contributed by atoms with E-state index in [0.29, 0.717) is 12.2 Å². The summed E-state index contributed by atoms with van der Waals surface area (Å²) in [5.41, 5.74) is 2.69. The Morgan fingerprint density at radius 2 is 1.80 bits per heavy atom. The zero-order valence-corrected chi connectivity index (χ0v) is 14.9. The van der Waals surface area contributed by atoms with Gasteiger partial charge < -0.3 is 5.32 Å². The molecule has 1 aliphatic rings. The maximum atomic E-state index is 12.6. The van der Waals surface area contributed by atoms with E-state index in [4.69, 9.17) is 0 Å². The van der Waals surface area contributed by atoms with Gasteiger partial charge >= 0.3 is 0 Å². The average Bonchev–Trinajstić information content (AvgIpc) is 2.92. The highest BCUT2D eigenvalue weighted by atomic mass is 16.1. The molecule has 0 aliphatic carbocycles. The lowest BCUT2D eigenvalue weighted by Crippen LogP contribution is -2.39. The number of carbonyl (C=O) groups is 1. The van der Waals surface area contributed by atoms with Gasteiger partial charge in [0, 0.05) is 12.7 Å². The first-order valence-corrected chi connectivity index (χ1v) is 9.24. The summed E-state index contributed by atoms with van der Waals surface area (Å²) >= 11 is 0. The number of nitrogens with zero attached hydrogens (tertiary/aromatic N) is 2. The minimum Gasteiger partial charge on any atom is -0.349 e. The predicted molar refractivity (Wildman–Crippen MR) is 101 cm³/mol. The van der Waals surface area contributed by atoms with E-state index in [1.54, 1.807) is 6.20 Å². The van der Waals surface area contributed by atoms with Crippen molar-refractivity contribution in [2.24, 2.45) is 0 Å². The van der Waals surface area contributed by atoms with Crippen LogP contribution in [0.25, 0.3) is 0 Å². The van der Waals surface area contributed by atoms with Gasteiger partial charge in [-0.1, -0.05) is 49.2 Å². The van der Waals surface area contributed by atoms with Gasteiger partial charge in [0.1, 0.15) is 5.69 Å². The summed E-state index contributed by atoms with van der Waals surface area (Å²) in [4.78, 5) is 19.3. The number of nitrogens with one attached hydrogen (secondary N) is 1. The fourth-order valence-corrected chi connectivity index (χ4v) is 3.54. The largest absolute Gasteiger partial charge is 0.349 e. The molecule has 0 bridgehead atoms. The predicted octanol–water partition coefficient (Wildman–Crippen LogP) is 3.74. The Morgan fingerprint density at radius 1 is 1.08 bits per heavy atom. The van der Waals surface area contributed by atoms with Crippen LogP contribution in [0, 0.1) is 6.92 Å². The van der Waals surface area contributed by atoms with Crippen molar-refractivity contribution in [3.8, 4) is 0 Å². The number of aryl methyl sites for hydroxylation is 1. The molecular formula is C21H27N3O. The molecule has 0 radical (unpaired) electrons. The van der Waals surface area contributed by atoms with E-state index in [2.05, 4.69) is 39.5 Å². The van der Waals surface area contributed by atoms with Crippen LogP contribution in [0.4, 0.5) is 0 Å². The smallest absolute Gasteiger partial charge is 0.270 e. The first kappa shape index (κ1) is 17.6. The molecule has 2 heterocycles. The number of rotatable bonds is 5. The minimum absolute atomic E-state index is 0.0890. The molecule has 1 saturated heterocycles. The van der Waals surface area contributed by atoms with Crippen molar-refractivity contribution < 1.29 is 4.79 Å². The van der Waals surface area contributed by atoms with Crippen molar-refractivity contribution in [1.82, 2.24) is 15.2 Å². The molecule has 4 heteroatoms. The topological polar surface area (TPSA) is 45.2 Å². The van der Waals surface area contributed by atoms with E-state index in [0.717, 1.165) is 18.7 Å². The molecule has 1 N–H and O–H groups in total. The standard InChI is InChI=1S/C21H27N3O/c1-17-10-9-13-22-20(17)21(25)23-16-19(18-11-5-4-6-12-18)24-14-7-2-3-8-15-24/h4-6,9-13,19H,2-3,7-8,14-16H2,1H3,(H,23,25)/t19-/m1/s1. The highest BCUT2D eigenvalue weighted by molar-refractivity contribution is 5.93. The van der Waals surface area contributed by atoms with Crippen LogP contribution in [0.3, 0.4) is 0 Å². The van der Waals surface area contributed by atoms with Gasteiger partial charge in [0.2, 0.25) is 0 Å². The Labute approximate surface area is 150 Å². The quantitative estimate of drug-likeness (QED) is 0.904. The van der Waals surface area contributed by atoms with Crippen LogP contribution in [0.1, 0.15) is 53.3 Å². The first-order chi connectivity index (χ1) is 12.3. The Kier molecular flexibility index (Phi) is 6.18. The average molecular weight is 337 g/mol. The van der Waals surface area contributed by atoms with Crippen LogP contribution in [0.15, 0.2) is 48.7 Å². The molecule has 3 rings (SSSR count). The van der Waals surface area contributed by atoms with Crippen molar-refractivity contribution in [2.75, 3.05) is 19.6 Å². The van der Waals surface area contributed by atoms with Crippen molar-refractivity contribution in [3.05, 3.63) is 65.5 Å². The van der Waals surface area contributed by atoms with Crippen LogP contribution in [-0.4, -0.2) is 35.4 Å². The molecule has 0 unspecified atom stereocenters. The van der Waals surface area contributed by atoms with Gasteiger partial charge in [-0.05, 0) is 50.0 Å². The third kappa shape index (κ3) is 4.67. The Hall–Kier alpha value is -2.20. The van der Waals surface area contributed by atoms with Gasteiger partial charge in [0.15, 0.2) is 0 Å². The molecule has 1 amide bonds. The number of aromatic nitrogens is 1. The molecule has 1 atom stereocenters. The van der Waals surface area contributed by atoms with Crippen molar-refractivity contribution >= 4 is 5.91 Å². The SMILES string of the molecule is Cc1cccnc1C(=O)NC[C@H](c1ccccc1)N1CCCCCC1. The molecule has 1 aromatic carbocycles. The van der Waals surface area contributed by atoms with E-state index < -0.39 is 0 Å². The molecule has 0 saturated carbocycles. The molecule has 132 valence electrons. The lowest BCUT2D eigenvalue weighted by molar-refractivity contribution is 0.0927. The number of hydrogen-bond acceptors (Lipinski definition) is 3. The van der Waals surface area contributed by atoms with Gasteiger partial charge in [-0.2, -0.15) is 0 Å². The fraction of sp³-hybridized carbons (Fsp3) is 0.429. The van der Waals surface area contributed by atoms with Crippen LogP contribution < -0.4 is 5.32 Å². The lowest BCUT2D eigenvalue weighted by atomic mass is 10.0. The lowest BCUT2D eigenvalue weighted by Gasteiger charge is -2.31. The zero-order chi connectivity index (χ0) is 17.5.